The van der Waals surface area contributed by atoms with Crippen molar-refractivity contribution in [2.24, 2.45) is 5.92 Å². The lowest BCUT2D eigenvalue weighted by molar-refractivity contribution is 0.0321. The zero-order valence-corrected chi connectivity index (χ0v) is 20.4. The Hall–Kier alpha value is -2.96. The predicted molar refractivity (Wildman–Crippen MR) is 138 cm³/mol. The number of pyridine rings is 1. The molecule has 6 nitrogen and oxygen atoms in total. The van der Waals surface area contributed by atoms with Crippen LogP contribution in [0, 0.1) is 5.92 Å². The number of carbonyl (C=O) groups is 1. The van der Waals surface area contributed by atoms with Gasteiger partial charge in [0, 0.05) is 44.3 Å². The average molecular weight is 474 g/mol. The van der Waals surface area contributed by atoms with Crippen molar-refractivity contribution in [1.29, 1.82) is 0 Å². The number of fused-ring (bicyclic) bond motifs is 1. The summed E-state index contributed by atoms with van der Waals surface area (Å²) in [5.41, 5.74) is 3.07. The number of hydrogen-bond donors (Lipinski definition) is 0. The summed E-state index contributed by atoms with van der Waals surface area (Å²) >= 11 is 0. The molecule has 1 amide bonds. The molecular weight excluding hydrogens is 438 g/mol. The number of ether oxygens (including phenoxy) is 2. The summed E-state index contributed by atoms with van der Waals surface area (Å²) < 4.78 is 11.5. The van der Waals surface area contributed by atoms with Crippen LogP contribution in [0.3, 0.4) is 0 Å². The molecule has 0 saturated carbocycles. The van der Waals surface area contributed by atoms with Gasteiger partial charge in [-0.15, -0.1) is 0 Å². The van der Waals surface area contributed by atoms with Gasteiger partial charge < -0.3 is 14.4 Å². The molecule has 1 atom stereocenters. The molecule has 0 radical (unpaired) electrons. The van der Waals surface area contributed by atoms with Crippen molar-refractivity contribution in [1.82, 2.24) is 14.8 Å². The summed E-state index contributed by atoms with van der Waals surface area (Å²) in [5, 5.41) is 1.20. The van der Waals surface area contributed by atoms with Crippen molar-refractivity contribution in [3.63, 3.8) is 0 Å². The number of rotatable bonds is 7. The molecule has 3 aromatic rings. The van der Waals surface area contributed by atoms with Gasteiger partial charge >= 0.3 is 0 Å². The molecule has 0 bridgehead atoms. The molecule has 2 aromatic carbocycles. The topological polar surface area (TPSA) is 54.9 Å². The lowest BCUT2D eigenvalue weighted by atomic mass is 9.92. The zero-order chi connectivity index (χ0) is 23.9. The second-order valence-corrected chi connectivity index (χ2v) is 9.62. The molecule has 2 aliphatic rings. The maximum Gasteiger partial charge on any atom is 0.257 e. The van der Waals surface area contributed by atoms with Gasteiger partial charge in [0.1, 0.15) is 12.4 Å². The normalized spacial score (nSPS) is 19.4. The first-order valence-corrected chi connectivity index (χ1v) is 12.9. The smallest absolute Gasteiger partial charge is 0.257 e. The van der Waals surface area contributed by atoms with E-state index in [4.69, 9.17) is 9.47 Å². The molecule has 6 heteroatoms. The summed E-state index contributed by atoms with van der Waals surface area (Å²) in [6, 6.07) is 18.4. The fourth-order valence-corrected chi connectivity index (χ4v) is 5.21. The third kappa shape index (κ3) is 6.19. The van der Waals surface area contributed by atoms with E-state index in [1.165, 1.54) is 10.9 Å². The average Bonchev–Trinajstić information content (AvgIpc) is 3.15. The number of hydrogen-bond acceptors (Lipinski definition) is 5. The number of carbonyl (C=O) groups excluding carboxylic acids is 1. The van der Waals surface area contributed by atoms with Crippen LogP contribution >= 0.6 is 0 Å². The van der Waals surface area contributed by atoms with E-state index in [-0.39, 0.29) is 5.91 Å². The monoisotopic (exact) mass is 473 g/mol. The number of likely N-dealkylation sites (tertiary alicyclic amines) is 1. The molecule has 2 saturated heterocycles. The van der Waals surface area contributed by atoms with Gasteiger partial charge in [-0.25, -0.2) is 0 Å². The van der Waals surface area contributed by atoms with Gasteiger partial charge in [0.2, 0.25) is 0 Å². The van der Waals surface area contributed by atoms with Crippen molar-refractivity contribution in [2.45, 2.75) is 25.7 Å². The summed E-state index contributed by atoms with van der Waals surface area (Å²) in [6.07, 6.45) is 6.09. The highest BCUT2D eigenvalue weighted by Crippen LogP contribution is 2.26. The number of amides is 1. The van der Waals surface area contributed by atoms with Crippen molar-refractivity contribution in [3.8, 4) is 5.75 Å². The fraction of sp³-hybridized carbons (Fsp3) is 0.448. The van der Waals surface area contributed by atoms with E-state index in [0.717, 1.165) is 77.1 Å². The Bertz CT molecular complexity index is 1130. The van der Waals surface area contributed by atoms with Gasteiger partial charge in [-0.05, 0) is 67.5 Å². The van der Waals surface area contributed by atoms with Crippen LogP contribution in [0.4, 0.5) is 0 Å². The Morgan fingerprint density at radius 3 is 2.80 bits per heavy atom. The molecule has 0 unspecified atom stereocenters. The minimum Gasteiger partial charge on any atom is -0.491 e. The molecule has 2 aliphatic heterocycles. The van der Waals surface area contributed by atoms with Gasteiger partial charge in [-0.3, -0.25) is 14.7 Å². The molecule has 1 aromatic heterocycles. The number of nitrogens with zero attached hydrogens (tertiary/aromatic N) is 3. The zero-order valence-electron chi connectivity index (χ0n) is 20.4. The first-order valence-electron chi connectivity index (χ1n) is 12.9. The second kappa shape index (κ2) is 11.6. The van der Waals surface area contributed by atoms with Crippen LogP contribution in [0.15, 0.2) is 60.8 Å². The van der Waals surface area contributed by atoms with E-state index in [0.29, 0.717) is 23.8 Å². The molecule has 0 N–H and O–H groups in total. The van der Waals surface area contributed by atoms with E-state index < -0.39 is 0 Å². The molecule has 3 heterocycles. The molecule has 5 rings (SSSR count). The van der Waals surface area contributed by atoms with Crippen LogP contribution in [-0.4, -0.2) is 73.2 Å². The lowest BCUT2D eigenvalue weighted by Crippen LogP contribution is -2.38. The van der Waals surface area contributed by atoms with Crippen LogP contribution in [0.2, 0.25) is 0 Å². The largest absolute Gasteiger partial charge is 0.491 e. The van der Waals surface area contributed by atoms with Gasteiger partial charge in [0.25, 0.3) is 5.91 Å². The maximum absolute atomic E-state index is 13.5. The molecule has 2 fully saturated rings. The van der Waals surface area contributed by atoms with Crippen LogP contribution in [0.5, 0.6) is 5.75 Å². The highest BCUT2D eigenvalue weighted by Gasteiger charge is 2.24. The highest BCUT2D eigenvalue weighted by molar-refractivity contribution is 5.97. The third-order valence-corrected chi connectivity index (χ3v) is 7.21. The van der Waals surface area contributed by atoms with Crippen LogP contribution < -0.4 is 4.74 Å². The molecule has 0 aliphatic carbocycles. The highest BCUT2D eigenvalue weighted by atomic mass is 16.5. The summed E-state index contributed by atoms with van der Waals surface area (Å²) in [5.74, 6) is 1.36. The van der Waals surface area contributed by atoms with E-state index in [9.17, 15) is 4.79 Å². The van der Waals surface area contributed by atoms with Crippen molar-refractivity contribution in [3.05, 3.63) is 71.9 Å². The van der Waals surface area contributed by atoms with E-state index in [1.54, 1.807) is 0 Å². The molecule has 35 heavy (non-hydrogen) atoms. The maximum atomic E-state index is 13.5. The third-order valence-electron chi connectivity index (χ3n) is 7.21. The number of benzene rings is 2. The summed E-state index contributed by atoms with van der Waals surface area (Å²) in [6.45, 7) is 6.46. The van der Waals surface area contributed by atoms with Crippen LogP contribution in [0.25, 0.3) is 10.9 Å². The van der Waals surface area contributed by atoms with Crippen LogP contribution in [-0.2, 0) is 11.2 Å². The first kappa shape index (κ1) is 23.8. The van der Waals surface area contributed by atoms with Gasteiger partial charge in [-0.2, -0.15) is 0 Å². The fourth-order valence-electron chi connectivity index (χ4n) is 5.21. The summed E-state index contributed by atoms with van der Waals surface area (Å²) in [7, 11) is 0. The Morgan fingerprint density at radius 2 is 1.89 bits per heavy atom. The van der Waals surface area contributed by atoms with Crippen molar-refractivity contribution < 1.29 is 14.3 Å². The number of aromatic nitrogens is 1. The Labute approximate surface area is 207 Å². The molecule has 184 valence electrons. The second-order valence-electron chi connectivity index (χ2n) is 9.62. The van der Waals surface area contributed by atoms with E-state index in [2.05, 4.69) is 34.1 Å². The van der Waals surface area contributed by atoms with E-state index in [1.807, 2.05) is 41.4 Å². The first-order chi connectivity index (χ1) is 17.3. The van der Waals surface area contributed by atoms with Gasteiger partial charge in [0.15, 0.2) is 0 Å². The molecular formula is C29H35N3O3. The quantitative estimate of drug-likeness (QED) is 0.508. The van der Waals surface area contributed by atoms with Crippen molar-refractivity contribution >= 4 is 16.8 Å². The van der Waals surface area contributed by atoms with Gasteiger partial charge in [0.05, 0.1) is 24.3 Å². The Balaban J connectivity index is 1.17. The lowest BCUT2D eigenvalue weighted by Gasteiger charge is -2.26. The standard InChI is InChI=1S/C29H35N3O3/c33-29(26-7-1-2-8-28(26)35-20-17-31-15-18-34-19-16-31)32-13-4-5-23(11-14-32)21-24-9-10-27-25(22-24)6-3-12-30-27/h1-3,6-10,12,22-23H,4-5,11,13-21H2/t23-/m1/s1. The predicted octanol–water partition coefficient (Wildman–Crippen LogP) is 4.43. The minimum absolute atomic E-state index is 0.0874. The Morgan fingerprint density at radius 1 is 1.00 bits per heavy atom. The van der Waals surface area contributed by atoms with E-state index >= 15 is 0 Å². The SMILES string of the molecule is O=C(c1ccccc1OCCN1CCOCC1)N1CCC[C@@H](Cc2ccc3ncccc3c2)CC1. The Kier molecular flexibility index (Phi) is 7.91. The van der Waals surface area contributed by atoms with Gasteiger partial charge in [-0.1, -0.05) is 24.3 Å². The molecule has 0 spiro atoms. The number of morpholine rings is 1. The summed E-state index contributed by atoms with van der Waals surface area (Å²) in [4.78, 5) is 22.3. The van der Waals surface area contributed by atoms with Crippen LogP contribution in [0.1, 0.15) is 35.2 Å². The number of para-hydroxylation sites is 1. The van der Waals surface area contributed by atoms with Crippen molar-refractivity contribution in [2.75, 3.05) is 52.5 Å². The minimum atomic E-state index is 0.0874.